The average molecular weight is 203 g/mol. The second kappa shape index (κ2) is 6.09. The number of carboxylic acids is 2. The molecule has 0 aromatic heterocycles. The van der Waals surface area contributed by atoms with Crippen LogP contribution in [0.5, 0.6) is 0 Å². The molecular weight excluding hydrogens is 190 g/mol. The lowest BCUT2D eigenvalue weighted by atomic mass is 10.2. The second-order valence-corrected chi connectivity index (χ2v) is 2.85. The number of carbonyl (C=O) groups is 3. The van der Waals surface area contributed by atoms with E-state index in [2.05, 4.69) is 5.32 Å². The number of ketones is 1. The topological polar surface area (TPSA) is 104 Å². The van der Waals surface area contributed by atoms with Crippen LogP contribution in [0.3, 0.4) is 0 Å². The van der Waals surface area contributed by atoms with Crippen LogP contribution in [0.25, 0.3) is 0 Å². The molecule has 0 bridgehead atoms. The molecular formula is C8H13NO5. The summed E-state index contributed by atoms with van der Waals surface area (Å²) in [7, 11) is 0. The van der Waals surface area contributed by atoms with Crippen molar-refractivity contribution < 1.29 is 24.6 Å². The Kier molecular flexibility index (Phi) is 5.47. The van der Waals surface area contributed by atoms with E-state index in [4.69, 9.17) is 10.2 Å². The molecule has 0 aromatic carbocycles. The first-order valence-corrected chi connectivity index (χ1v) is 4.15. The van der Waals surface area contributed by atoms with Gasteiger partial charge in [0, 0.05) is 6.92 Å². The quantitative estimate of drug-likeness (QED) is 0.522. The van der Waals surface area contributed by atoms with Gasteiger partial charge in [-0.15, -0.1) is 0 Å². The Labute approximate surface area is 80.9 Å². The second-order valence-electron chi connectivity index (χ2n) is 2.85. The molecule has 14 heavy (non-hydrogen) atoms. The lowest BCUT2D eigenvalue weighted by molar-refractivity contribution is -0.148. The Bertz CT molecular complexity index is 220. The first-order valence-electron chi connectivity index (χ1n) is 4.15. The Morgan fingerprint density at radius 1 is 1.29 bits per heavy atom. The number of aliphatic carboxylic acids is 2. The highest BCUT2D eigenvalue weighted by Gasteiger charge is 2.20. The summed E-state index contributed by atoms with van der Waals surface area (Å²) in [4.78, 5) is 29.0. The van der Waals surface area contributed by atoms with Crippen LogP contribution in [0.15, 0.2) is 0 Å². The molecule has 1 aliphatic heterocycles. The van der Waals surface area contributed by atoms with Gasteiger partial charge >= 0.3 is 11.9 Å². The van der Waals surface area contributed by atoms with Gasteiger partial charge in [0.1, 0.15) is 6.04 Å². The number of carbonyl (C=O) groups excluding carboxylic acids is 1. The minimum Gasteiger partial charge on any atom is -0.480 e. The molecule has 6 heteroatoms. The van der Waals surface area contributed by atoms with E-state index in [1.165, 1.54) is 0 Å². The van der Waals surface area contributed by atoms with E-state index in [0.717, 1.165) is 26.3 Å². The van der Waals surface area contributed by atoms with Crippen molar-refractivity contribution in [1.29, 1.82) is 0 Å². The molecule has 0 aliphatic carbocycles. The van der Waals surface area contributed by atoms with E-state index in [1.807, 2.05) is 0 Å². The van der Waals surface area contributed by atoms with Crippen molar-refractivity contribution in [2.45, 2.75) is 25.8 Å². The third-order valence-electron chi connectivity index (χ3n) is 1.66. The number of carboxylic acid groups (broad SMARTS) is 2. The number of hydrogen-bond donors (Lipinski definition) is 3. The molecule has 0 saturated carbocycles. The zero-order valence-electron chi connectivity index (χ0n) is 7.82. The fraction of sp³-hybridized carbons (Fsp3) is 0.625. The van der Waals surface area contributed by atoms with E-state index < -0.39 is 17.7 Å². The van der Waals surface area contributed by atoms with Crippen LogP contribution in [-0.2, 0) is 14.4 Å². The van der Waals surface area contributed by atoms with Gasteiger partial charge in [0.05, 0.1) is 0 Å². The molecule has 6 nitrogen and oxygen atoms in total. The van der Waals surface area contributed by atoms with Crippen molar-refractivity contribution in [3.8, 4) is 0 Å². The van der Waals surface area contributed by atoms with Crippen molar-refractivity contribution in [1.82, 2.24) is 5.32 Å². The van der Waals surface area contributed by atoms with Crippen molar-refractivity contribution in [3.05, 3.63) is 0 Å². The molecule has 1 atom stereocenters. The molecule has 0 aromatic rings. The summed E-state index contributed by atoms with van der Waals surface area (Å²) in [6.07, 6.45) is 1.78. The van der Waals surface area contributed by atoms with Gasteiger partial charge in [-0.25, -0.2) is 4.79 Å². The van der Waals surface area contributed by atoms with Gasteiger partial charge in [-0.1, -0.05) is 0 Å². The highest BCUT2D eigenvalue weighted by Crippen LogP contribution is 2.03. The largest absolute Gasteiger partial charge is 0.480 e. The predicted molar refractivity (Wildman–Crippen MR) is 47.0 cm³/mol. The zero-order valence-corrected chi connectivity index (χ0v) is 7.82. The van der Waals surface area contributed by atoms with Gasteiger partial charge in [0.15, 0.2) is 0 Å². The predicted octanol–water partition coefficient (Wildman–Crippen LogP) is -0.517. The van der Waals surface area contributed by atoms with E-state index in [1.54, 1.807) is 0 Å². The van der Waals surface area contributed by atoms with Gasteiger partial charge in [0.25, 0.3) is 0 Å². The Morgan fingerprint density at radius 3 is 1.93 bits per heavy atom. The van der Waals surface area contributed by atoms with Crippen LogP contribution in [-0.4, -0.2) is 40.5 Å². The maximum Gasteiger partial charge on any atom is 0.371 e. The smallest absolute Gasteiger partial charge is 0.371 e. The van der Waals surface area contributed by atoms with Gasteiger partial charge in [0.2, 0.25) is 5.78 Å². The SMILES string of the molecule is CC(=O)C(=O)O.O=C(O)[C@@H]1CCCN1. The molecule has 1 aliphatic rings. The zero-order chi connectivity index (χ0) is 11.1. The number of hydrogen-bond acceptors (Lipinski definition) is 4. The molecule has 0 spiro atoms. The maximum absolute atomic E-state index is 10.1. The average Bonchev–Trinajstić information content (AvgIpc) is 2.56. The van der Waals surface area contributed by atoms with Crippen LogP contribution < -0.4 is 5.32 Å². The van der Waals surface area contributed by atoms with Crippen LogP contribution in [0.1, 0.15) is 19.8 Å². The number of nitrogens with one attached hydrogen (secondary N) is 1. The molecule has 1 fully saturated rings. The van der Waals surface area contributed by atoms with Crippen molar-refractivity contribution in [3.63, 3.8) is 0 Å². The maximum atomic E-state index is 10.1. The molecule has 3 N–H and O–H groups in total. The van der Waals surface area contributed by atoms with E-state index in [0.29, 0.717) is 0 Å². The lowest BCUT2D eigenvalue weighted by Crippen LogP contribution is -2.29. The molecule has 80 valence electrons. The monoisotopic (exact) mass is 203 g/mol. The first kappa shape index (κ1) is 12.6. The third-order valence-corrected chi connectivity index (χ3v) is 1.66. The third kappa shape index (κ3) is 5.26. The van der Waals surface area contributed by atoms with Crippen molar-refractivity contribution >= 4 is 17.7 Å². The minimum atomic E-state index is -1.38. The standard InChI is InChI=1S/C5H9NO2.C3H4O3/c7-5(8)4-2-1-3-6-4;1-2(4)3(5)6/h4,6H,1-3H2,(H,7,8);1H3,(H,5,6)/t4-;/m0./s1. The van der Waals surface area contributed by atoms with Crippen LogP contribution in [0.4, 0.5) is 0 Å². The summed E-state index contributed by atoms with van der Waals surface area (Å²) in [5.41, 5.74) is 0. The van der Waals surface area contributed by atoms with Gasteiger partial charge in [-0.3, -0.25) is 9.59 Å². The molecule has 0 unspecified atom stereocenters. The van der Waals surface area contributed by atoms with E-state index >= 15 is 0 Å². The molecule has 1 rings (SSSR count). The van der Waals surface area contributed by atoms with Crippen LogP contribution >= 0.6 is 0 Å². The summed E-state index contributed by atoms with van der Waals surface area (Å²) in [6.45, 7) is 1.86. The molecule has 0 amide bonds. The highest BCUT2D eigenvalue weighted by atomic mass is 16.4. The number of rotatable bonds is 2. The summed E-state index contributed by atoms with van der Waals surface area (Å²) < 4.78 is 0. The summed E-state index contributed by atoms with van der Waals surface area (Å²) in [5.74, 6) is -2.92. The van der Waals surface area contributed by atoms with Crippen LogP contribution in [0, 0.1) is 0 Å². The van der Waals surface area contributed by atoms with E-state index in [-0.39, 0.29) is 6.04 Å². The summed E-state index contributed by atoms with van der Waals surface area (Å²) in [5, 5.41) is 18.8. The molecule has 1 saturated heterocycles. The fourth-order valence-electron chi connectivity index (χ4n) is 0.895. The molecule has 1 heterocycles. The number of Topliss-reactive ketones (excluding diaryl/α,β-unsaturated/α-hetero) is 1. The first-order chi connectivity index (χ1) is 6.45. The fourth-order valence-corrected chi connectivity index (χ4v) is 0.895. The van der Waals surface area contributed by atoms with Gasteiger partial charge in [-0.05, 0) is 19.4 Å². The Balaban J connectivity index is 0.000000255. The van der Waals surface area contributed by atoms with E-state index in [9.17, 15) is 14.4 Å². The van der Waals surface area contributed by atoms with Crippen molar-refractivity contribution in [2.24, 2.45) is 0 Å². The highest BCUT2D eigenvalue weighted by molar-refractivity contribution is 6.31. The van der Waals surface area contributed by atoms with Crippen LogP contribution in [0.2, 0.25) is 0 Å². The Hall–Kier alpha value is -1.43. The summed E-state index contributed by atoms with van der Waals surface area (Å²) in [6, 6.07) is -0.269. The minimum absolute atomic E-state index is 0.269. The van der Waals surface area contributed by atoms with Crippen molar-refractivity contribution in [2.75, 3.05) is 6.54 Å². The lowest BCUT2D eigenvalue weighted by Gasteiger charge is -1.99. The Morgan fingerprint density at radius 2 is 1.79 bits per heavy atom. The van der Waals surface area contributed by atoms with Gasteiger partial charge < -0.3 is 15.5 Å². The summed E-state index contributed by atoms with van der Waals surface area (Å²) >= 11 is 0. The molecule has 0 radical (unpaired) electrons. The normalized spacial score (nSPS) is 19.4. The van der Waals surface area contributed by atoms with Gasteiger partial charge in [-0.2, -0.15) is 0 Å².